The molecule has 1 saturated heterocycles. The molecule has 0 radical (unpaired) electrons. The zero-order chi connectivity index (χ0) is 21.6. The van der Waals surface area contributed by atoms with Crippen LogP contribution in [0.1, 0.15) is 39.1 Å². The van der Waals surface area contributed by atoms with Gasteiger partial charge in [0.25, 0.3) is 0 Å². The third-order valence-electron chi connectivity index (χ3n) is 4.98. The van der Waals surface area contributed by atoms with Crippen molar-refractivity contribution in [3.63, 3.8) is 0 Å². The van der Waals surface area contributed by atoms with Crippen molar-refractivity contribution in [3.05, 3.63) is 95.3 Å². The molecule has 158 valence electrons. The molecular weight excluding hydrogens is 399 g/mol. The maximum absolute atomic E-state index is 13.0. The van der Waals surface area contributed by atoms with E-state index in [4.69, 9.17) is 14.2 Å². The van der Waals surface area contributed by atoms with Crippen molar-refractivity contribution >= 4 is 11.8 Å². The van der Waals surface area contributed by atoms with Gasteiger partial charge in [0.05, 0.1) is 11.7 Å². The van der Waals surface area contributed by atoms with Gasteiger partial charge in [0, 0.05) is 17.7 Å². The number of halogens is 1. The van der Waals surface area contributed by atoms with Crippen LogP contribution in [0.15, 0.2) is 72.8 Å². The summed E-state index contributed by atoms with van der Waals surface area (Å²) in [5.74, 6) is -0.170. The van der Waals surface area contributed by atoms with Crippen LogP contribution in [0.3, 0.4) is 0 Å². The van der Waals surface area contributed by atoms with Gasteiger partial charge in [-0.05, 0) is 85.6 Å². The van der Waals surface area contributed by atoms with Gasteiger partial charge in [-0.3, -0.25) is 4.79 Å². The first-order valence-corrected chi connectivity index (χ1v) is 10.1. The van der Waals surface area contributed by atoms with Crippen molar-refractivity contribution in [2.24, 2.45) is 0 Å². The van der Waals surface area contributed by atoms with Crippen LogP contribution < -0.4 is 9.47 Å². The topological polar surface area (TPSA) is 61.8 Å². The fourth-order valence-electron chi connectivity index (χ4n) is 3.26. The molecule has 0 amide bonds. The van der Waals surface area contributed by atoms with E-state index in [2.05, 4.69) is 0 Å². The van der Waals surface area contributed by atoms with E-state index < -0.39 is 11.8 Å². The molecule has 1 atom stereocenters. The van der Waals surface area contributed by atoms with Crippen LogP contribution >= 0.6 is 0 Å². The molecule has 4 rings (SSSR count). The van der Waals surface area contributed by atoms with Crippen LogP contribution in [0.4, 0.5) is 4.39 Å². The van der Waals surface area contributed by atoms with Crippen molar-refractivity contribution in [1.29, 1.82) is 0 Å². The second kappa shape index (κ2) is 9.53. The highest BCUT2D eigenvalue weighted by atomic mass is 19.1. The summed E-state index contributed by atoms with van der Waals surface area (Å²) < 4.78 is 29.6. The Morgan fingerprint density at radius 1 is 0.839 bits per heavy atom. The molecule has 0 unspecified atom stereocenters. The van der Waals surface area contributed by atoms with Gasteiger partial charge >= 0.3 is 5.97 Å². The number of carbonyl (C=O) groups excluding carboxylic acids is 2. The second-order valence-corrected chi connectivity index (χ2v) is 7.22. The summed E-state index contributed by atoms with van der Waals surface area (Å²) in [5.41, 5.74) is 1.18. The molecule has 0 aromatic heterocycles. The van der Waals surface area contributed by atoms with Gasteiger partial charge in [0.2, 0.25) is 0 Å². The van der Waals surface area contributed by atoms with Crippen LogP contribution in [0.2, 0.25) is 0 Å². The third-order valence-corrected chi connectivity index (χ3v) is 4.98. The summed E-state index contributed by atoms with van der Waals surface area (Å²) in [6, 6.07) is 18.3. The molecule has 3 aromatic rings. The Bertz CT molecular complexity index is 1040. The van der Waals surface area contributed by atoms with Crippen molar-refractivity contribution in [1.82, 2.24) is 0 Å². The number of ether oxygens (including phenoxy) is 3. The molecular formula is C25H21FO5. The number of ketones is 1. The standard InChI is InChI=1S/C25H21FO5/c26-20-9-3-17(4-10-20)24(27)18-5-13-22(14-6-18)31-25(28)19-7-11-21(12-8-19)30-16-23-2-1-15-29-23/h3-14,23H,1-2,15-16H2/t23-/m1/s1. The highest BCUT2D eigenvalue weighted by molar-refractivity contribution is 6.09. The lowest BCUT2D eigenvalue weighted by Crippen LogP contribution is -2.16. The van der Waals surface area contributed by atoms with Crippen LogP contribution in [-0.2, 0) is 4.74 Å². The fraction of sp³-hybridized carbons (Fsp3) is 0.200. The van der Waals surface area contributed by atoms with Gasteiger partial charge < -0.3 is 14.2 Å². The molecule has 0 saturated carbocycles. The minimum absolute atomic E-state index is 0.127. The normalized spacial score (nSPS) is 15.5. The van der Waals surface area contributed by atoms with Gasteiger partial charge in [-0.1, -0.05) is 0 Å². The number of esters is 1. The van der Waals surface area contributed by atoms with Crippen LogP contribution in [0, 0.1) is 5.82 Å². The number of carbonyl (C=O) groups is 2. The van der Waals surface area contributed by atoms with E-state index in [-0.39, 0.29) is 11.9 Å². The van der Waals surface area contributed by atoms with Gasteiger partial charge in [-0.15, -0.1) is 0 Å². The Kier molecular flexibility index (Phi) is 6.38. The van der Waals surface area contributed by atoms with E-state index in [1.165, 1.54) is 24.3 Å². The summed E-state index contributed by atoms with van der Waals surface area (Å²) in [6.45, 7) is 1.27. The molecule has 1 fully saturated rings. The molecule has 1 heterocycles. The average Bonchev–Trinajstić information content (AvgIpc) is 3.32. The third kappa shape index (κ3) is 5.35. The zero-order valence-corrected chi connectivity index (χ0v) is 16.8. The molecule has 0 spiro atoms. The van der Waals surface area contributed by atoms with E-state index in [1.54, 1.807) is 48.5 Å². The summed E-state index contributed by atoms with van der Waals surface area (Å²) in [7, 11) is 0. The summed E-state index contributed by atoms with van der Waals surface area (Å²) >= 11 is 0. The van der Waals surface area contributed by atoms with Crippen molar-refractivity contribution in [2.75, 3.05) is 13.2 Å². The van der Waals surface area contributed by atoms with Crippen molar-refractivity contribution in [3.8, 4) is 11.5 Å². The van der Waals surface area contributed by atoms with E-state index in [0.29, 0.717) is 34.8 Å². The van der Waals surface area contributed by atoms with E-state index in [1.807, 2.05) is 0 Å². The Labute approximate surface area is 179 Å². The fourth-order valence-corrected chi connectivity index (χ4v) is 3.26. The lowest BCUT2D eigenvalue weighted by Gasteiger charge is -2.11. The minimum Gasteiger partial charge on any atom is -0.491 e. The van der Waals surface area contributed by atoms with Gasteiger partial charge in [-0.2, -0.15) is 0 Å². The van der Waals surface area contributed by atoms with Crippen molar-refractivity contribution < 1.29 is 28.2 Å². The quantitative estimate of drug-likeness (QED) is 0.311. The van der Waals surface area contributed by atoms with E-state index in [0.717, 1.165) is 19.4 Å². The maximum Gasteiger partial charge on any atom is 0.343 e. The average molecular weight is 420 g/mol. The summed E-state index contributed by atoms with van der Waals surface area (Å²) in [5, 5.41) is 0. The highest BCUT2D eigenvalue weighted by Gasteiger charge is 2.16. The molecule has 31 heavy (non-hydrogen) atoms. The van der Waals surface area contributed by atoms with Gasteiger partial charge in [-0.25, -0.2) is 9.18 Å². The van der Waals surface area contributed by atoms with E-state index >= 15 is 0 Å². The lowest BCUT2D eigenvalue weighted by molar-refractivity contribution is 0.0678. The Morgan fingerprint density at radius 2 is 1.42 bits per heavy atom. The van der Waals surface area contributed by atoms with Gasteiger partial charge in [0.1, 0.15) is 23.9 Å². The maximum atomic E-state index is 13.0. The SMILES string of the molecule is O=C(Oc1ccc(C(=O)c2ccc(F)cc2)cc1)c1ccc(OC[C@H]2CCCO2)cc1. The Morgan fingerprint density at radius 3 is 2.03 bits per heavy atom. The number of benzene rings is 3. The smallest absolute Gasteiger partial charge is 0.343 e. The van der Waals surface area contributed by atoms with Crippen LogP contribution in [0.25, 0.3) is 0 Å². The molecule has 1 aliphatic rings. The minimum atomic E-state index is -0.511. The first-order chi connectivity index (χ1) is 15.1. The molecule has 3 aromatic carbocycles. The molecule has 0 aliphatic carbocycles. The predicted molar refractivity (Wildman–Crippen MR) is 112 cm³/mol. The van der Waals surface area contributed by atoms with Crippen LogP contribution in [0.5, 0.6) is 11.5 Å². The molecule has 0 bridgehead atoms. The van der Waals surface area contributed by atoms with Crippen LogP contribution in [-0.4, -0.2) is 31.1 Å². The molecule has 6 heteroatoms. The predicted octanol–water partition coefficient (Wildman–Crippen LogP) is 4.83. The second-order valence-electron chi connectivity index (χ2n) is 7.22. The largest absolute Gasteiger partial charge is 0.491 e. The first-order valence-electron chi connectivity index (χ1n) is 10.1. The molecule has 0 N–H and O–H groups in total. The van der Waals surface area contributed by atoms with Crippen molar-refractivity contribution in [2.45, 2.75) is 18.9 Å². The monoisotopic (exact) mass is 420 g/mol. The first kappa shape index (κ1) is 20.8. The highest BCUT2D eigenvalue weighted by Crippen LogP contribution is 2.20. The molecule has 5 nitrogen and oxygen atoms in total. The lowest BCUT2D eigenvalue weighted by atomic mass is 10.0. The Hall–Kier alpha value is -3.51. The van der Waals surface area contributed by atoms with E-state index in [9.17, 15) is 14.0 Å². The Balaban J connectivity index is 1.33. The summed E-state index contributed by atoms with van der Waals surface area (Å²) in [6.07, 6.45) is 2.18. The number of rotatable bonds is 7. The van der Waals surface area contributed by atoms with Gasteiger partial charge in [0.15, 0.2) is 5.78 Å². The number of hydrogen-bond acceptors (Lipinski definition) is 5. The summed E-state index contributed by atoms with van der Waals surface area (Å²) in [4.78, 5) is 24.8. The number of hydrogen-bond donors (Lipinski definition) is 0. The molecule has 1 aliphatic heterocycles. The zero-order valence-electron chi connectivity index (χ0n) is 16.8.